The van der Waals surface area contributed by atoms with Gasteiger partial charge in [-0.25, -0.2) is 0 Å². The van der Waals surface area contributed by atoms with E-state index in [9.17, 15) is 0 Å². The summed E-state index contributed by atoms with van der Waals surface area (Å²) in [4.78, 5) is 5.41. The van der Waals surface area contributed by atoms with Crippen LogP contribution in [0.2, 0.25) is 0 Å². The SMILES string of the molecule is CCCCCCCCCCCCCCCCSc1ccncc1. The Hall–Kier alpha value is -0.500. The minimum absolute atomic E-state index is 1.25. The van der Waals surface area contributed by atoms with Gasteiger partial charge in [0.05, 0.1) is 0 Å². The molecule has 0 unspecified atom stereocenters. The van der Waals surface area contributed by atoms with Gasteiger partial charge in [0, 0.05) is 17.3 Å². The van der Waals surface area contributed by atoms with E-state index >= 15 is 0 Å². The Kier molecular flexibility index (Phi) is 14.6. The summed E-state index contributed by atoms with van der Waals surface area (Å²) in [6.07, 6.45) is 23.9. The number of pyridine rings is 1. The second-order valence-electron chi connectivity index (χ2n) is 6.63. The molecule has 0 radical (unpaired) electrons. The van der Waals surface area contributed by atoms with Crippen molar-refractivity contribution in [2.75, 3.05) is 5.75 Å². The number of hydrogen-bond acceptors (Lipinski definition) is 2. The first-order valence-electron chi connectivity index (χ1n) is 9.96. The first-order chi connectivity index (χ1) is 11.4. The van der Waals surface area contributed by atoms with Crippen molar-refractivity contribution < 1.29 is 0 Å². The minimum atomic E-state index is 1.25. The lowest BCUT2D eigenvalue weighted by Crippen LogP contribution is -1.84. The van der Waals surface area contributed by atoms with Crippen LogP contribution in [0.5, 0.6) is 0 Å². The molecule has 1 nitrogen and oxygen atoms in total. The Morgan fingerprint density at radius 1 is 0.652 bits per heavy atom. The van der Waals surface area contributed by atoms with Crippen LogP contribution in [0.1, 0.15) is 96.8 Å². The number of nitrogens with zero attached hydrogens (tertiary/aromatic N) is 1. The fourth-order valence-corrected chi connectivity index (χ4v) is 3.82. The average Bonchev–Trinajstić information content (AvgIpc) is 2.59. The largest absolute Gasteiger partial charge is 0.265 e. The van der Waals surface area contributed by atoms with Crippen molar-refractivity contribution in [3.05, 3.63) is 24.5 Å². The molecular formula is C21H37NS. The standard InChI is InChI=1S/C21H37NS/c1-2-3-4-5-6-7-8-9-10-11-12-13-14-15-20-23-21-16-18-22-19-17-21/h16-19H,2-15,20H2,1H3. The summed E-state index contributed by atoms with van der Waals surface area (Å²) >= 11 is 1.96. The third-order valence-electron chi connectivity index (χ3n) is 4.42. The van der Waals surface area contributed by atoms with E-state index in [1.165, 1.54) is 101 Å². The molecule has 132 valence electrons. The summed E-state index contributed by atoms with van der Waals surface area (Å²) in [5.41, 5.74) is 0. The quantitative estimate of drug-likeness (QED) is 0.227. The second kappa shape index (κ2) is 16.4. The Labute approximate surface area is 149 Å². The molecule has 0 aliphatic heterocycles. The monoisotopic (exact) mass is 335 g/mol. The van der Waals surface area contributed by atoms with Crippen molar-refractivity contribution in [3.63, 3.8) is 0 Å². The fourth-order valence-electron chi connectivity index (χ4n) is 2.92. The minimum Gasteiger partial charge on any atom is -0.265 e. The highest BCUT2D eigenvalue weighted by Crippen LogP contribution is 2.19. The third kappa shape index (κ3) is 13.6. The Morgan fingerprint density at radius 3 is 1.57 bits per heavy atom. The van der Waals surface area contributed by atoms with E-state index in [1.54, 1.807) is 0 Å². The number of unbranched alkanes of at least 4 members (excludes halogenated alkanes) is 13. The summed E-state index contributed by atoms with van der Waals surface area (Å²) in [7, 11) is 0. The zero-order chi connectivity index (χ0) is 16.4. The number of rotatable bonds is 16. The lowest BCUT2D eigenvalue weighted by atomic mass is 10.0. The molecule has 1 aromatic heterocycles. The van der Waals surface area contributed by atoms with Gasteiger partial charge in [0.25, 0.3) is 0 Å². The molecule has 0 aromatic carbocycles. The number of aromatic nitrogens is 1. The fraction of sp³-hybridized carbons (Fsp3) is 0.762. The van der Waals surface area contributed by atoms with Gasteiger partial charge < -0.3 is 0 Å². The Morgan fingerprint density at radius 2 is 1.09 bits per heavy atom. The number of hydrogen-bond donors (Lipinski definition) is 0. The predicted octanol–water partition coefficient (Wildman–Crippen LogP) is 7.66. The molecule has 0 N–H and O–H groups in total. The van der Waals surface area contributed by atoms with Gasteiger partial charge in [-0.2, -0.15) is 0 Å². The summed E-state index contributed by atoms with van der Waals surface area (Å²) in [5, 5.41) is 0. The van der Waals surface area contributed by atoms with Crippen molar-refractivity contribution >= 4 is 11.8 Å². The molecule has 0 bridgehead atoms. The topological polar surface area (TPSA) is 12.9 Å². The summed E-state index contributed by atoms with van der Waals surface area (Å²) in [5.74, 6) is 1.25. The molecule has 0 fully saturated rings. The van der Waals surface area contributed by atoms with Gasteiger partial charge in [-0.15, -0.1) is 11.8 Å². The van der Waals surface area contributed by atoms with Gasteiger partial charge >= 0.3 is 0 Å². The molecule has 1 rings (SSSR count). The van der Waals surface area contributed by atoms with Gasteiger partial charge in [0.2, 0.25) is 0 Å². The van der Waals surface area contributed by atoms with E-state index in [4.69, 9.17) is 0 Å². The summed E-state index contributed by atoms with van der Waals surface area (Å²) in [6.45, 7) is 2.29. The van der Waals surface area contributed by atoms with Crippen LogP contribution in [0.4, 0.5) is 0 Å². The van der Waals surface area contributed by atoms with E-state index < -0.39 is 0 Å². The zero-order valence-electron chi connectivity index (χ0n) is 15.3. The maximum atomic E-state index is 4.05. The maximum absolute atomic E-state index is 4.05. The summed E-state index contributed by atoms with van der Waals surface area (Å²) in [6, 6.07) is 4.21. The molecule has 2 heteroatoms. The van der Waals surface area contributed by atoms with Crippen LogP contribution in [-0.2, 0) is 0 Å². The van der Waals surface area contributed by atoms with E-state index in [-0.39, 0.29) is 0 Å². The average molecular weight is 336 g/mol. The van der Waals surface area contributed by atoms with Crippen molar-refractivity contribution in [3.8, 4) is 0 Å². The van der Waals surface area contributed by atoms with Crippen molar-refractivity contribution in [2.24, 2.45) is 0 Å². The molecule has 1 heterocycles. The summed E-state index contributed by atoms with van der Waals surface area (Å²) < 4.78 is 0. The maximum Gasteiger partial charge on any atom is 0.0278 e. The second-order valence-corrected chi connectivity index (χ2v) is 7.80. The molecule has 0 aliphatic carbocycles. The van der Waals surface area contributed by atoms with Crippen LogP contribution in [0.25, 0.3) is 0 Å². The normalized spacial score (nSPS) is 11.0. The Bertz CT molecular complexity index is 339. The van der Waals surface area contributed by atoms with Crippen LogP contribution in [0.15, 0.2) is 29.4 Å². The molecule has 1 aromatic rings. The third-order valence-corrected chi connectivity index (χ3v) is 5.51. The van der Waals surface area contributed by atoms with E-state index in [0.717, 1.165) is 0 Å². The van der Waals surface area contributed by atoms with Crippen molar-refractivity contribution in [1.82, 2.24) is 4.98 Å². The van der Waals surface area contributed by atoms with Crippen LogP contribution in [-0.4, -0.2) is 10.7 Å². The highest BCUT2D eigenvalue weighted by molar-refractivity contribution is 7.99. The molecule has 0 atom stereocenters. The molecule has 23 heavy (non-hydrogen) atoms. The van der Waals surface area contributed by atoms with Crippen LogP contribution in [0, 0.1) is 0 Å². The highest BCUT2D eigenvalue weighted by atomic mass is 32.2. The predicted molar refractivity (Wildman–Crippen MR) is 105 cm³/mol. The van der Waals surface area contributed by atoms with Crippen molar-refractivity contribution in [1.29, 1.82) is 0 Å². The molecule has 0 saturated carbocycles. The number of thioether (sulfide) groups is 1. The lowest BCUT2D eigenvalue weighted by molar-refractivity contribution is 0.538. The molecule has 0 saturated heterocycles. The van der Waals surface area contributed by atoms with Gasteiger partial charge in [-0.05, 0) is 24.3 Å². The van der Waals surface area contributed by atoms with E-state index in [0.29, 0.717) is 0 Å². The van der Waals surface area contributed by atoms with Gasteiger partial charge in [0.15, 0.2) is 0 Å². The zero-order valence-corrected chi connectivity index (χ0v) is 16.1. The smallest absolute Gasteiger partial charge is 0.0278 e. The van der Waals surface area contributed by atoms with Gasteiger partial charge in [-0.3, -0.25) is 4.98 Å². The lowest BCUT2D eigenvalue weighted by Gasteiger charge is -2.03. The first kappa shape index (κ1) is 20.5. The molecule has 0 aliphatic rings. The van der Waals surface area contributed by atoms with Crippen LogP contribution < -0.4 is 0 Å². The molecular weight excluding hydrogens is 298 g/mol. The van der Waals surface area contributed by atoms with Gasteiger partial charge in [0.1, 0.15) is 0 Å². The Balaban J connectivity index is 1.72. The van der Waals surface area contributed by atoms with Crippen LogP contribution in [0.3, 0.4) is 0 Å². The van der Waals surface area contributed by atoms with Crippen molar-refractivity contribution in [2.45, 2.75) is 102 Å². The molecule has 0 amide bonds. The highest BCUT2D eigenvalue weighted by Gasteiger charge is 1.95. The van der Waals surface area contributed by atoms with Crippen LogP contribution >= 0.6 is 11.8 Å². The van der Waals surface area contributed by atoms with E-state index in [1.807, 2.05) is 24.2 Å². The van der Waals surface area contributed by atoms with Gasteiger partial charge in [-0.1, -0.05) is 90.4 Å². The first-order valence-corrected chi connectivity index (χ1v) is 10.9. The van der Waals surface area contributed by atoms with E-state index in [2.05, 4.69) is 24.0 Å². The molecule has 0 spiro atoms.